The lowest BCUT2D eigenvalue weighted by atomic mass is 10.2. The molecular formula is C12H14ClNOS. The average Bonchev–Trinajstić information content (AvgIpc) is 2.15. The SMILES string of the molecule is CC(=O)SCCC=Cc1cc(N)cc(Cl)c1. The second kappa shape index (κ2) is 6.61. The van der Waals surface area contributed by atoms with E-state index in [1.54, 1.807) is 13.0 Å². The largest absolute Gasteiger partial charge is 0.399 e. The number of allylic oxidation sites excluding steroid dienone is 1. The predicted molar refractivity (Wildman–Crippen MR) is 72.7 cm³/mol. The van der Waals surface area contributed by atoms with Gasteiger partial charge in [0.2, 0.25) is 0 Å². The molecule has 2 N–H and O–H groups in total. The molecule has 4 heteroatoms. The van der Waals surface area contributed by atoms with Crippen molar-refractivity contribution in [2.45, 2.75) is 13.3 Å². The fraction of sp³-hybridized carbons (Fsp3) is 0.250. The highest BCUT2D eigenvalue weighted by Gasteiger charge is 1.94. The van der Waals surface area contributed by atoms with Gasteiger partial charge in [-0.2, -0.15) is 0 Å². The van der Waals surface area contributed by atoms with E-state index in [0.29, 0.717) is 10.7 Å². The van der Waals surface area contributed by atoms with Crippen molar-refractivity contribution in [2.75, 3.05) is 11.5 Å². The van der Waals surface area contributed by atoms with Gasteiger partial charge in [-0.15, -0.1) is 0 Å². The molecule has 2 nitrogen and oxygen atoms in total. The van der Waals surface area contributed by atoms with Crippen molar-refractivity contribution in [1.82, 2.24) is 0 Å². The summed E-state index contributed by atoms with van der Waals surface area (Å²) in [5.74, 6) is 0.807. The molecule has 1 aromatic rings. The number of hydrogen-bond donors (Lipinski definition) is 1. The van der Waals surface area contributed by atoms with Gasteiger partial charge >= 0.3 is 0 Å². The van der Waals surface area contributed by atoms with Crippen molar-refractivity contribution >= 4 is 40.2 Å². The number of hydrogen-bond acceptors (Lipinski definition) is 3. The number of carbonyl (C=O) groups excluding carboxylic acids is 1. The Morgan fingerprint density at radius 2 is 2.25 bits per heavy atom. The minimum absolute atomic E-state index is 0.153. The second-order valence-electron chi connectivity index (χ2n) is 3.35. The zero-order valence-electron chi connectivity index (χ0n) is 9.07. The van der Waals surface area contributed by atoms with Crippen LogP contribution in [0.3, 0.4) is 0 Å². The number of benzene rings is 1. The van der Waals surface area contributed by atoms with Gasteiger partial charge in [0.15, 0.2) is 5.12 Å². The van der Waals surface area contributed by atoms with E-state index in [4.69, 9.17) is 17.3 Å². The Morgan fingerprint density at radius 3 is 2.88 bits per heavy atom. The van der Waals surface area contributed by atoms with E-state index >= 15 is 0 Å². The molecule has 0 aliphatic carbocycles. The van der Waals surface area contributed by atoms with E-state index in [1.807, 2.05) is 24.3 Å². The van der Waals surface area contributed by atoms with Crippen molar-refractivity contribution < 1.29 is 4.79 Å². The summed E-state index contributed by atoms with van der Waals surface area (Å²) in [7, 11) is 0. The molecule has 86 valence electrons. The van der Waals surface area contributed by atoms with E-state index in [1.165, 1.54) is 11.8 Å². The monoisotopic (exact) mass is 255 g/mol. The van der Waals surface area contributed by atoms with Crippen molar-refractivity contribution in [2.24, 2.45) is 0 Å². The van der Waals surface area contributed by atoms with Gasteiger partial charge < -0.3 is 5.73 Å². The standard InChI is InChI=1S/C12H14ClNOS/c1-9(15)16-5-3-2-4-10-6-11(13)8-12(14)7-10/h2,4,6-8H,3,5,14H2,1H3. The highest BCUT2D eigenvalue weighted by molar-refractivity contribution is 8.13. The van der Waals surface area contributed by atoms with E-state index in [-0.39, 0.29) is 5.12 Å². The minimum Gasteiger partial charge on any atom is -0.399 e. The molecule has 0 unspecified atom stereocenters. The van der Waals surface area contributed by atoms with Crippen LogP contribution < -0.4 is 5.73 Å². The lowest BCUT2D eigenvalue weighted by Gasteiger charge is -1.98. The summed E-state index contributed by atoms with van der Waals surface area (Å²) in [6, 6.07) is 5.43. The maximum atomic E-state index is 10.7. The van der Waals surface area contributed by atoms with Gasteiger partial charge in [0, 0.05) is 23.4 Å². The molecule has 0 aliphatic rings. The average molecular weight is 256 g/mol. The van der Waals surface area contributed by atoms with Crippen molar-refractivity contribution in [3.8, 4) is 0 Å². The normalized spacial score (nSPS) is 10.9. The highest BCUT2D eigenvalue weighted by Crippen LogP contribution is 2.17. The summed E-state index contributed by atoms with van der Waals surface area (Å²) < 4.78 is 0. The quantitative estimate of drug-likeness (QED) is 0.660. The molecule has 0 radical (unpaired) electrons. The topological polar surface area (TPSA) is 43.1 Å². The summed E-state index contributed by atoms with van der Waals surface area (Å²) in [6.07, 6.45) is 4.83. The Labute approximate surface area is 105 Å². The third-order valence-corrected chi connectivity index (χ3v) is 2.91. The first-order valence-electron chi connectivity index (χ1n) is 4.94. The third-order valence-electron chi connectivity index (χ3n) is 1.84. The molecule has 0 fully saturated rings. The Morgan fingerprint density at radius 1 is 1.50 bits per heavy atom. The van der Waals surface area contributed by atoms with Crippen LogP contribution >= 0.6 is 23.4 Å². The first kappa shape index (κ1) is 13.1. The molecule has 1 aromatic carbocycles. The molecule has 0 atom stereocenters. The van der Waals surface area contributed by atoms with Gasteiger partial charge in [0.1, 0.15) is 0 Å². The molecule has 0 aliphatic heterocycles. The number of nitrogens with two attached hydrogens (primary N) is 1. The van der Waals surface area contributed by atoms with Crippen molar-refractivity contribution in [1.29, 1.82) is 0 Å². The molecule has 0 bridgehead atoms. The molecule has 1 rings (SSSR count). The molecule has 0 amide bonds. The van der Waals surface area contributed by atoms with E-state index in [0.717, 1.165) is 17.7 Å². The zero-order chi connectivity index (χ0) is 12.0. The minimum atomic E-state index is 0.153. The number of nitrogen functional groups attached to an aromatic ring is 1. The molecule has 0 saturated carbocycles. The molecule has 0 saturated heterocycles. The summed E-state index contributed by atoms with van der Waals surface area (Å²) in [6.45, 7) is 1.58. The Hall–Kier alpha value is -0.930. The third kappa shape index (κ3) is 5.24. The van der Waals surface area contributed by atoms with Gasteiger partial charge in [-0.25, -0.2) is 0 Å². The van der Waals surface area contributed by atoms with Crippen molar-refractivity contribution in [3.63, 3.8) is 0 Å². The van der Waals surface area contributed by atoms with Crippen molar-refractivity contribution in [3.05, 3.63) is 34.9 Å². The molecule has 0 spiro atoms. The van der Waals surface area contributed by atoms with E-state index in [9.17, 15) is 4.79 Å². The predicted octanol–water partition coefficient (Wildman–Crippen LogP) is 3.61. The molecular weight excluding hydrogens is 242 g/mol. The van der Waals surface area contributed by atoms with Crippen LogP contribution in [0, 0.1) is 0 Å². The number of halogens is 1. The van der Waals surface area contributed by atoms with E-state index in [2.05, 4.69) is 0 Å². The van der Waals surface area contributed by atoms with Crippen LogP contribution in [0.1, 0.15) is 18.9 Å². The Kier molecular flexibility index (Phi) is 5.43. The molecule has 16 heavy (non-hydrogen) atoms. The summed E-state index contributed by atoms with van der Waals surface area (Å²) in [4.78, 5) is 10.7. The maximum Gasteiger partial charge on any atom is 0.185 e. The number of thioether (sulfide) groups is 1. The maximum absolute atomic E-state index is 10.7. The van der Waals surface area contributed by atoms with Gasteiger partial charge in [-0.3, -0.25) is 4.79 Å². The van der Waals surface area contributed by atoms with Gasteiger partial charge in [0.25, 0.3) is 0 Å². The summed E-state index contributed by atoms with van der Waals surface area (Å²) in [5, 5.41) is 0.790. The summed E-state index contributed by atoms with van der Waals surface area (Å²) in [5.41, 5.74) is 7.30. The first-order valence-corrected chi connectivity index (χ1v) is 6.30. The smallest absolute Gasteiger partial charge is 0.185 e. The van der Waals surface area contributed by atoms with Crippen LogP contribution in [0.5, 0.6) is 0 Å². The van der Waals surface area contributed by atoms with Crippen LogP contribution in [0.4, 0.5) is 5.69 Å². The summed E-state index contributed by atoms with van der Waals surface area (Å²) >= 11 is 7.20. The van der Waals surface area contributed by atoms with Gasteiger partial charge in [0.05, 0.1) is 0 Å². The lowest BCUT2D eigenvalue weighted by molar-refractivity contribution is -0.109. The van der Waals surface area contributed by atoms with Crippen LogP contribution in [0.25, 0.3) is 6.08 Å². The fourth-order valence-electron chi connectivity index (χ4n) is 1.22. The second-order valence-corrected chi connectivity index (χ2v) is 5.06. The highest BCUT2D eigenvalue weighted by atomic mass is 35.5. The van der Waals surface area contributed by atoms with E-state index < -0.39 is 0 Å². The Balaban J connectivity index is 2.46. The number of anilines is 1. The van der Waals surface area contributed by atoms with Gasteiger partial charge in [-0.05, 0) is 30.2 Å². The zero-order valence-corrected chi connectivity index (χ0v) is 10.6. The molecule has 0 aromatic heterocycles. The Bertz CT molecular complexity index is 384. The molecule has 0 heterocycles. The first-order chi connectivity index (χ1) is 7.58. The number of rotatable bonds is 4. The van der Waals surface area contributed by atoms with Crippen LogP contribution in [0.2, 0.25) is 5.02 Å². The number of carbonyl (C=O) groups is 1. The van der Waals surface area contributed by atoms with Gasteiger partial charge in [-0.1, -0.05) is 35.5 Å². The lowest BCUT2D eigenvalue weighted by Crippen LogP contribution is -1.86. The van der Waals surface area contributed by atoms with Crippen LogP contribution in [-0.4, -0.2) is 10.9 Å². The van der Waals surface area contributed by atoms with Crippen LogP contribution in [-0.2, 0) is 4.79 Å². The fourth-order valence-corrected chi connectivity index (χ4v) is 2.02. The van der Waals surface area contributed by atoms with Crippen LogP contribution in [0.15, 0.2) is 24.3 Å².